The van der Waals surface area contributed by atoms with Crippen molar-refractivity contribution in [1.29, 1.82) is 0 Å². The summed E-state index contributed by atoms with van der Waals surface area (Å²) in [4.78, 5) is 14.5. The van der Waals surface area contributed by atoms with Crippen molar-refractivity contribution in [1.82, 2.24) is 10.2 Å². The Hall–Kier alpha value is -1.27. The van der Waals surface area contributed by atoms with Crippen molar-refractivity contribution in [3.8, 4) is 0 Å². The molecule has 2 aliphatic heterocycles. The van der Waals surface area contributed by atoms with Crippen molar-refractivity contribution >= 4 is 27.5 Å². The van der Waals surface area contributed by atoms with Gasteiger partial charge in [0.15, 0.2) is 9.84 Å². The fourth-order valence-corrected chi connectivity index (χ4v) is 6.97. The first-order chi connectivity index (χ1) is 12.3. The fraction of sp³-hybridized carbons (Fsp3) is 0.632. The summed E-state index contributed by atoms with van der Waals surface area (Å²) in [6.07, 6.45) is 4.57. The smallest absolute Gasteiger partial charge is 0.317 e. The van der Waals surface area contributed by atoms with Crippen molar-refractivity contribution in [2.45, 2.75) is 37.5 Å². The number of hydrogen-bond acceptors (Lipinski definition) is 3. The van der Waals surface area contributed by atoms with Crippen LogP contribution in [-0.2, 0) is 15.3 Å². The van der Waals surface area contributed by atoms with E-state index in [1.165, 1.54) is 5.56 Å². The van der Waals surface area contributed by atoms with Crippen LogP contribution in [0.1, 0.15) is 37.7 Å². The van der Waals surface area contributed by atoms with E-state index in [-0.39, 0.29) is 28.4 Å². The van der Waals surface area contributed by atoms with Crippen LogP contribution in [-0.4, -0.2) is 50.5 Å². The highest BCUT2D eigenvalue weighted by molar-refractivity contribution is 7.91. The van der Waals surface area contributed by atoms with E-state index in [0.29, 0.717) is 26.1 Å². The summed E-state index contributed by atoms with van der Waals surface area (Å²) in [5.74, 6) is 0.497. The molecule has 7 heteroatoms. The summed E-state index contributed by atoms with van der Waals surface area (Å²) in [7, 11) is -2.94. The van der Waals surface area contributed by atoms with Gasteiger partial charge >= 0.3 is 6.03 Å². The lowest BCUT2D eigenvalue weighted by Crippen LogP contribution is -2.51. The maximum Gasteiger partial charge on any atom is 0.317 e. The van der Waals surface area contributed by atoms with Crippen molar-refractivity contribution < 1.29 is 13.2 Å². The van der Waals surface area contributed by atoms with Gasteiger partial charge in [0.05, 0.1) is 11.5 Å². The molecule has 1 N–H and O–H groups in total. The van der Waals surface area contributed by atoms with E-state index < -0.39 is 9.84 Å². The van der Waals surface area contributed by atoms with Gasteiger partial charge in [-0.1, -0.05) is 23.7 Å². The van der Waals surface area contributed by atoms with Gasteiger partial charge in [0.2, 0.25) is 0 Å². The highest BCUT2D eigenvalue weighted by atomic mass is 35.5. The Morgan fingerprint density at radius 1 is 1.23 bits per heavy atom. The van der Waals surface area contributed by atoms with Crippen LogP contribution in [0.2, 0.25) is 5.02 Å². The standard InChI is InChI=1S/C19H25ClN2O3S/c20-16-4-1-3-15(11-16)19(6-7-19)12-21-17(23)22-9-2-5-18(13-22)8-10-26(24,25)14-18/h1,3-4,11H,2,5-10,12-14H2,(H,21,23). The van der Waals surface area contributed by atoms with E-state index in [0.717, 1.165) is 30.7 Å². The molecule has 1 spiro atoms. The number of carbonyl (C=O) groups is 1. The van der Waals surface area contributed by atoms with Crippen molar-refractivity contribution in [3.63, 3.8) is 0 Å². The Morgan fingerprint density at radius 3 is 2.69 bits per heavy atom. The number of rotatable bonds is 3. The fourth-order valence-electron chi connectivity index (χ4n) is 4.58. The molecular formula is C19H25ClN2O3S. The van der Waals surface area contributed by atoms with Gasteiger partial charge in [0.1, 0.15) is 0 Å². The zero-order valence-corrected chi connectivity index (χ0v) is 16.4. The third-order valence-electron chi connectivity index (χ3n) is 6.29. The molecule has 1 aromatic rings. The summed E-state index contributed by atoms with van der Waals surface area (Å²) in [5, 5.41) is 3.82. The van der Waals surface area contributed by atoms with Crippen LogP contribution in [0, 0.1) is 5.41 Å². The average molecular weight is 397 g/mol. The van der Waals surface area contributed by atoms with E-state index in [1.807, 2.05) is 23.1 Å². The molecule has 3 aliphatic rings. The molecule has 142 valence electrons. The largest absolute Gasteiger partial charge is 0.337 e. The predicted octanol–water partition coefficient (Wildman–Crippen LogP) is 2.98. The summed E-state index contributed by atoms with van der Waals surface area (Å²) in [6, 6.07) is 7.81. The first-order valence-corrected chi connectivity index (χ1v) is 11.5. The Bertz CT molecular complexity index is 822. The Balaban J connectivity index is 1.38. The molecule has 1 saturated carbocycles. The van der Waals surface area contributed by atoms with Gasteiger partial charge in [-0.2, -0.15) is 0 Å². The molecule has 2 saturated heterocycles. The van der Waals surface area contributed by atoms with E-state index in [2.05, 4.69) is 11.4 Å². The lowest BCUT2D eigenvalue weighted by Gasteiger charge is -2.39. The number of piperidine rings is 1. The number of halogens is 1. The van der Waals surface area contributed by atoms with E-state index in [1.54, 1.807) is 0 Å². The molecule has 2 amide bonds. The van der Waals surface area contributed by atoms with Crippen LogP contribution < -0.4 is 5.32 Å². The van der Waals surface area contributed by atoms with Crippen LogP contribution in [0.4, 0.5) is 4.79 Å². The second kappa shape index (κ2) is 6.41. The third kappa shape index (κ3) is 3.58. The molecule has 2 heterocycles. The van der Waals surface area contributed by atoms with E-state index >= 15 is 0 Å². The summed E-state index contributed by atoms with van der Waals surface area (Å²) in [5.41, 5.74) is 0.964. The molecule has 0 bridgehead atoms. The normalized spacial score (nSPS) is 28.9. The maximum absolute atomic E-state index is 12.7. The highest BCUT2D eigenvalue weighted by Crippen LogP contribution is 2.48. The second-order valence-electron chi connectivity index (χ2n) is 8.32. The van der Waals surface area contributed by atoms with Gasteiger partial charge < -0.3 is 10.2 Å². The topological polar surface area (TPSA) is 66.5 Å². The van der Waals surface area contributed by atoms with Crippen molar-refractivity contribution in [2.24, 2.45) is 5.41 Å². The number of hydrogen-bond donors (Lipinski definition) is 1. The molecule has 0 radical (unpaired) electrons. The molecular weight excluding hydrogens is 372 g/mol. The second-order valence-corrected chi connectivity index (χ2v) is 10.9. The van der Waals surface area contributed by atoms with E-state index in [9.17, 15) is 13.2 Å². The summed E-state index contributed by atoms with van der Waals surface area (Å²) < 4.78 is 23.8. The summed E-state index contributed by atoms with van der Waals surface area (Å²) in [6.45, 7) is 1.87. The molecule has 1 aromatic carbocycles. The van der Waals surface area contributed by atoms with E-state index in [4.69, 9.17) is 11.6 Å². The number of amides is 2. The molecule has 5 nitrogen and oxygen atoms in total. The molecule has 1 aliphatic carbocycles. The lowest BCUT2D eigenvalue weighted by atomic mass is 9.80. The van der Waals surface area contributed by atoms with Gasteiger partial charge in [-0.15, -0.1) is 0 Å². The van der Waals surface area contributed by atoms with Crippen molar-refractivity contribution in [2.75, 3.05) is 31.1 Å². The average Bonchev–Trinajstić information content (AvgIpc) is 3.34. The molecule has 1 atom stereocenters. The highest BCUT2D eigenvalue weighted by Gasteiger charge is 2.47. The number of sulfone groups is 1. The number of nitrogens with zero attached hydrogens (tertiary/aromatic N) is 1. The monoisotopic (exact) mass is 396 g/mol. The molecule has 26 heavy (non-hydrogen) atoms. The predicted molar refractivity (Wildman–Crippen MR) is 102 cm³/mol. The maximum atomic E-state index is 12.7. The Labute approximate surface area is 160 Å². The third-order valence-corrected chi connectivity index (χ3v) is 8.40. The van der Waals surface area contributed by atoms with Crippen LogP contribution >= 0.6 is 11.6 Å². The minimum absolute atomic E-state index is 0.00469. The van der Waals surface area contributed by atoms with Crippen LogP contribution in [0.15, 0.2) is 24.3 Å². The van der Waals surface area contributed by atoms with Crippen LogP contribution in [0.25, 0.3) is 0 Å². The Kier molecular flexibility index (Phi) is 4.47. The quantitative estimate of drug-likeness (QED) is 0.854. The van der Waals surface area contributed by atoms with Gasteiger partial charge in [-0.25, -0.2) is 13.2 Å². The molecule has 1 unspecified atom stereocenters. The zero-order chi connectivity index (χ0) is 18.4. The van der Waals surface area contributed by atoms with Crippen LogP contribution in [0.3, 0.4) is 0 Å². The number of nitrogens with one attached hydrogen (secondary N) is 1. The van der Waals surface area contributed by atoms with Gasteiger partial charge in [-0.05, 0) is 49.8 Å². The van der Waals surface area contributed by atoms with Gasteiger partial charge in [0, 0.05) is 35.5 Å². The minimum Gasteiger partial charge on any atom is -0.337 e. The number of benzene rings is 1. The molecule has 4 rings (SSSR count). The number of likely N-dealkylation sites (tertiary alicyclic amines) is 1. The zero-order valence-electron chi connectivity index (χ0n) is 14.8. The first kappa shape index (κ1) is 18.1. The molecule has 3 fully saturated rings. The lowest BCUT2D eigenvalue weighted by molar-refractivity contribution is 0.121. The van der Waals surface area contributed by atoms with Crippen LogP contribution in [0.5, 0.6) is 0 Å². The summed E-state index contributed by atoms with van der Waals surface area (Å²) >= 11 is 6.11. The van der Waals surface area contributed by atoms with Gasteiger partial charge in [-0.3, -0.25) is 0 Å². The Morgan fingerprint density at radius 2 is 2.04 bits per heavy atom. The van der Waals surface area contributed by atoms with Crippen molar-refractivity contribution in [3.05, 3.63) is 34.9 Å². The number of carbonyl (C=O) groups excluding carboxylic acids is 1. The SMILES string of the molecule is O=C(NCC1(c2cccc(Cl)c2)CC1)N1CCCC2(CCS(=O)(=O)C2)C1. The number of urea groups is 1. The van der Waals surface area contributed by atoms with Gasteiger partial charge in [0.25, 0.3) is 0 Å². The minimum atomic E-state index is -2.94. The molecule has 0 aromatic heterocycles. The first-order valence-electron chi connectivity index (χ1n) is 9.31.